The highest BCUT2D eigenvalue weighted by molar-refractivity contribution is 7.88. The largest absolute Gasteiger partial charge is 0.534 e. The number of alkyl halides is 3. The molecule has 1 aromatic carbocycles. The van der Waals surface area contributed by atoms with Gasteiger partial charge >= 0.3 is 21.7 Å². The van der Waals surface area contributed by atoms with Gasteiger partial charge in [-0.15, -0.1) is 0 Å². The molecule has 0 bridgehead atoms. The molecule has 1 aliphatic rings. The second-order valence-corrected chi connectivity index (χ2v) is 8.38. The molecule has 10 heteroatoms. The average Bonchev–Trinajstić information content (AvgIpc) is 2.42. The quantitative estimate of drug-likeness (QED) is 0.626. The van der Waals surface area contributed by atoms with Gasteiger partial charge < -0.3 is 14.2 Å². The number of hydrogen-bond donors (Lipinski definition) is 1. The first-order chi connectivity index (χ1) is 11.2. The van der Waals surface area contributed by atoms with Gasteiger partial charge in [0.1, 0.15) is 5.75 Å². The molecule has 1 atom stereocenters. The van der Waals surface area contributed by atoms with Crippen LogP contribution in [0.25, 0.3) is 0 Å². The maximum atomic E-state index is 12.4. The fourth-order valence-corrected chi connectivity index (χ4v) is 3.42. The monoisotopic (exact) mass is 381 g/mol. The number of benzene rings is 1. The standard InChI is InChI=1S/C15H18F3NO5S/c1-14(2,3)12-11-5-4-10(24-25(22,23)15(16,17)18)8-9(11)6-7-19(12)13(20)21/h4-5,8,12H,6-7H2,1-3H3,(H,20,21). The molecule has 1 aromatic rings. The van der Waals surface area contributed by atoms with Gasteiger partial charge in [0.15, 0.2) is 0 Å². The molecule has 0 aromatic heterocycles. The van der Waals surface area contributed by atoms with Crippen LogP contribution in [0.4, 0.5) is 18.0 Å². The van der Waals surface area contributed by atoms with E-state index in [2.05, 4.69) is 4.18 Å². The Kier molecular flexibility index (Phi) is 4.71. The number of amides is 1. The van der Waals surface area contributed by atoms with E-state index in [1.54, 1.807) is 0 Å². The van der Waals surface area contributed by atoms with Crippen LogP contribution in [0.3, 0.4) is 0 Å². The highest BCUT2D eigenvalue weighted by Gasteiger charge is 2.48. The van der Waals surface area contributed by atoms with Gasteiger partial charge in [0.25, 0.3) is 0 Å². The molecule has 1 N–H and O–H groups in total. The first kappa shape index (κ1) is 19.4. The van der Waals surface area contributed by atoms with E-state index in [-0.39, 0.29) is 13.0 Å². The third-order valence-electron chi connectivity index (χ3n) is 3.90. The van der Waals surface area contributed by atoms with Gasteiger partial charge in [-0.1, -0.05) is 26.8 Å². The zero-order chi connectivity index (χ0) is 19.2. The summed E-state index contributed by atoms with van der Waals surface area (Å²) in [6.45, 7) is 5.70. The minimum Gasteiger partial charge on any atom is -0.465 e. The summed E-state index contributed by atoms with van der Waals surface area (Å²) in [6, 6.07) is 3.23. The lowest BCUT2D eigenvalue weighted by Crippen LogP contribution is -2.44. The molecule has 1 aliphatic heterocycles. The fourth-order valence-electron chi connectivity index (χ4n) is 2.97. The minimum absolute atomic E-state index is 0.153. The van der Waals surface area contributed by atoms with Crippen LogP contribution in [0, 0.1) is 5.41 Å². The van der Waals surface area contributed by atoms with E-state index >= 15 is 0 Å². The minimum atomic E-state index is -5.75. The summed E-state index contributed by atoms with van der Waals surface area (Å²) in [5.74, 6) is -0.451. The Bertz CT molecular complexity index is 783. The highest BCUT2D eigenvalue weighted by atomic mass is 32.2. The molecule has 140 valence electrons. The molecular formula is C15H18F3NO5S. The van der Waals surface area contributed by atoms with Crippen molar-refractivity contribution in [3.05, 3.63) is 29.3 Å². The van der Waals surface area contributed by atoms with Gasteiger partial charge in [-0.05, 0) is 35.1 Å². The molecule has 0 saturated carbocycles. The lowest BCUT2D eigenvalue weighted by atomic mass is 9.77. The maximum absolute atomic E-state index is 12.4. The second kappa shape index (κ2) is 6.08. The van der Waals surface area contributed by atoms with E-state index < -0.39 is 38.9 Å². The number of carbonyl (C=O) groups is 1. The summed E-state index contributed by atoms with van der Waals surface area (Å²) >= 11 is 0. The Morgan fingerprint density at radius 1 is 1.28 bits per heavy atom. The highest BCUT2D eigenvalue weighted by Crippen LogP contribution is 2.43. The number of carboxylic acid groups (broad SMARTS) is 1. The molecule has 1 unspecified atom stereocenters. The Labute approximate surface area is 143 Å². The Hall–Kier alpha value is -1.97. The van der Waals surface area contributed by atoms with Gasteiger partial charge in [0.2, 0.25) is 0 Å². The second-order valence-electron chi connectivity index (χ2n) is 6.84. The van der Waals surface area contributed by atoms with Gasteiger partial charge in [-0.3, -0.25) is 0 Å². The number of hydrogen-bond acceptors (Lipinski definition) is 4. The van der Waals surface area contributed by atoms with Crippen molar-refractivity contribution in [1.29, 1.82) is 0 Å². The lowest BCUT2D eigenvalue weighted by molar-refractivity contribution is -0.0500. The number of halogens is 3. The van der Waals surface area contributed by atoms with Crippen molar-refractivity contribution in [2.75, 3.05) is 6.54 Å². The predicted octanol–water partition coefficient (Wildman–Crippen LogP) is 3.54. The molecule has 0 aliphatic carbocycles. The molecule has 6 nitrogen and oxygen atoms in total. The number of rotatable bonds is 2. The zero-order valence-corrected chi connectivity index (χ0v) is 14.6. The summed E-state index contributed by atoms with van der Waals surface area (Å²) < 4.78 is 63.7. The van der Waals surface area contributed by atoms with Crippen LogP contribution in [-0.4, -0.2) is 36.6 Å². The number of fused-ring (bicyclic) bond motifs is 1. The molecule has 0 spiro atoms. The van der Waals surface area contributed by atoms with Crippen LogP contribution < -0.4 is 4.18 Å². The van der Waals surface area contributed by atoms with Crippen molar-refractivity contribution in [1.82, 2.24) is 4.90 Å². The average molecular weight is 381 g/mol. The molecule has 2 rings (SSSR count). The van der Waals surface area contributed by atoms with Crippen molar-refractivity contribution in [3.8, 4) is 5.75 Å². The molecule has 25 heavy (non-hydrogen) atoms. The summed E-state index contributed by atoms with van der Waals surface area (Å²) in [4.78, 5) is 12.8. The van der Waals surface area contributed by atoms with Gasteiger partial charge in [-0.2, -0.15) is 21.6 Å². The molecule has 1 heterocycles. The van der Waals surface area contributed by atoms with Gasteiger partial charge in [-0.25, -0.2) is 4.79 Å². The van der Waals surface area contributed by atoms with Crippen LogP contribution in [-0.2, 0) is 16.5 Å². The first-order valence-electron chi connectivity index (χ1n) is 7.37. The molecule has 0 fully saturated rings. The Morgan fingerprint density at radius 2 is 1.88 bits per heavy atom. The summed E-state index contributed by atoms with van der Waals surface area (Å²) in [7, 11) is -5.75. The normalized spacial score (nSPS) is 18.6. The van der Waals surface area contributed by atoms with Crippen molar-refractivity contribution in [2.24, 2.45) is 5.41 Å². The van der Waals surface area contributed by atoms with Crippen molar-refractivity contribution >= 4 is 16.2 Å². The van der Waals surface area contributed by atoms with Crippen LogP contribution >= 0.6 is 0 Å². The zero-order valence-electron chi connectivity index (χ0n) is 13.8. The Balaban J connectivity index is 2.43. The van der Waals surface area contributed by atoms with Crippen molar-refractivity contribution in [3.63, 3.8) is 0 Å². The van der Waals surface area contributed by atoms with E-state index in [0.717, 1.165) is 6.07 Å². The molecule has 1 amide bonds. The SMILES string of the molecule is CC(C)(C)C1c2ccc(OS(=O)(=O)C(F)(F)F)cc2CCN1C(=O)O. The van der Waals surface area contributed by atoms with Crippen molar-refractivity contribution < 1.29 is 35.7 Å². The lowest BCUT2D eigenvalue weighted by Gasteiger charge is -2.43. The van der Waals surface area contributed by atoms with E-state index in [1.807, 2.05) is 20.8 Å². The van der Waals surface area contributed by atoms with Crippen LogP contribution in [0.2, 0.25) is 0 Å². The van der Waals surface area contributed by atoms with Crippen LogP contribution in [0.15, 0.2) is 18.2 Å². The van der Waals surface area contributed by atoms with Gasteiger partial charge in [0.05, 0.1) is 6.04 Å². The maximum Gasteiger partial charge on any atom is 0.534 e. The number of nitrogens with zero attached hydrogens (tertiary/aromatic N) is 1. The predicted molar refractivity (Wildman–Crippen MR) is 82.7 cm³/mol. The van der Waals surface area contributed by atoms with Crippen molar-refractivity contribution in [2.45, 2.75) is 38.7 Å². The van der Waals surface area contributed by atoms with Gasteiger partial charge in [0, 0.05) is 6.54 Å². The summed E-state index contributed by atoms with van der Waals surface area (Å²) in [6.07, 6.45) is -0.845. The van der Waals surface area contributed by atoms with E-state index in [4.69, 9.17) is 0 Å². The topological polar surface area (TPSA) is 83.9 Å². The van der Waals surface area contributed by atoms with E-state index in [1.165, 1.54) is 17.0 Å². The van der Waals surface area contributed by atoms with Crippen LogP contribution in [0.1, 0.15) is 37.9 Å². The third kappa shape index (κ3) is 3.83. The summed E-state index contributed by atoms with van der Waals surface area (Å²) in [5, 5.41) is 9.39. The van der Waals surface area contributed by atoms with Crippen LogP contribution in [0.5, 0.6) is 5.75 Å². The third-order valence-corrected chi connectivity index (χ3v) is 4.88. The first-order valence-corrected chi connectivity index (χ1v) is 8.78. The molecule has 0 radical (unpaired) electrons. The fraction of sp³-hybridized carbons (Fsp3) is 0.533. The summed E-state index contributed by atoms with van der Waals surface area (Å²) in [5.41, 5.74) is -4.80. The molecule has 0 saturated heterocycles. The van der Waals surface area contributed by atoms with E-state index in [0.29, 0.717) is 11.1 Å². The smallest absolute Gasteiger partial charge is 0.465 e. The molecular weight excluding hydrogens is 363 g/mol. The Morgan fingerprint density at radius 3 is 2.36 bits per heavy atom. The van der Waals surface area contributed by atoms with E-state index in [9.17, 15) is 31.5 Å².